The monoisotopic (exact) mass is 466 g/mol. The van der Waals surface area contributed by atoms with E-state index in [-0.39, 0.29) is 6.42 Å². The zero-order valence-electron chi connectivity index (χ0n) is 20.0. The third kappa shape index (κ3) is 5.82. The number of hydrogen-bond acceptors (Lipinski definition) is 6. The number of esters is 1. The van der Waals surface area contributed by atoms with Gasteiger partial charge in [-0.25, -0.2) is 9.59 Å². The van der Waals surface area contributed by atoms with Gasteiger partial charge in [-0.1, -0.05) is 48.5 Å². The Morgan fingerprint density at radius 3 is 2.24 bits per heavy atom. The molecule has 0 aliphatic heterocycles. The summed E-state index contributed by atoms with van der Waals surface area (Å²) in [5.74, 6) is -1.08. The smallest absolute Gasteiger partial charge is 0.419 e. The molecule has 180 valence electrons. The van der Waals surface area contributed by atoms with E-state index in [9.17, 15) is 14.4 Å². The lowest BCUT2D eigenvalue weighted by atomic mass is 10.0. The van der Waals surface area contributed by atoms with Gasteiger partial charge in [0, 0.05) is 25.1 Å². The van der Waals surface area contributed by atoms with Crippen LogP contribution in [0.4, 0.5) is 4.79 Å². The molecule has 1 amide bonds. The highest BCUT2D eigenvalue weighted by Gasteiger charge is 2.29. The average Bonchev–Trinajstić information content (AvgIpc) is 3.17. The van der Waals surface area contributed by atoms with Crippen molar-refractivity contribution in [3.63, 3.8) is 0 Å². The van der Waals surface area contributed by atoms with Crippen LogP contribution in [0.2, 0.25) is 0 Å². The van der Waals surface area contributed by atoms with Crippen LogP contribution in [0.5, 0.6) is 0 Å². The van der Waals surface area contributed by atoms with E-state index in [0.717, 1.165) is 5.39 Å². The molecule has 2 aromatic carbocycles. The fourth-order valence-electron chi connectivity index (χ4n) is 3.70. The number of benzene rings is 2. The van der Waals surface area contributed by atoms with Crippen LogP contribution in [0.25, 0.3) is 10.9 Å². The molecule has 2 atom stereocenters. The second-order valence-electron chi connectivity index (χ2n) is 8.84. The molecule has 1 N–H and O–H groups in total. The van der Waals surface area contributed by atoms with Gasteiger partial charge in [-0.15, -0.1) is 0 Å². The second kappa shape index (κ2) is 10.5. The highest BCUT2D eigenvalue weighted by Crippen LogP contribution is 2.25. The van der Waals surface area contributed by atoms with Gasteiger partial charge < -0.3 is 19.5 Å². The minimum absolute atomic E-state index is 0.111. The van der Waals surface area contributed by atoms with Crippen molar-refractivity contribution in [1.29, 1.82) is 0 Å². The number of nitrogens with zero attached hydrogens (tertiary/aromatic N) is 1. The molecule has 0 aliphatic carbocycles. The normalized spacial score (nSPS) is 13.2. The van der Waals surface area contributed by atoms with Crippen molar-refractivity contribution in [3.05, 3.63) is 71.9 Å². The summed E-state index contributed by atoms with van der Waals surface area (Å²) in [5, 5.41) is 3.51. The number of nitrogens with one attached hydrogen (secondary N) is 1. The van der Waals surface area contributed by atoms with Crippen LogP contribution < -0.4 is 5.32 Å². The number of methoxy groups -OCH3 is 2. The van der Waals surface area contributed by atoms with Gasteiger partial charge in [-0.3, -0.25) is 9.36 Å². The third-order valence-corrected chi connectivity index (χ3v) is 5.19. The van der Waals surface area contributed by atoms with Crippen molar-refractivity contribution in [2.75, 3.05) is 14.2 Å². The molecule has 0 spiro atoms. The van der Waals surface area contributed by atoms with Crippen LogP contribution in [-0.2, 0) is 30.2 Å². The van der Waals surface area contributed by atoms with E-state index in [4.69, 9.17) is 14.2 Å². The van der Waals surface area contributed by atoms with Gasteiger partial charge in [0.2, 0.25) is 0 Å². The molecular formula is C26H30N2O6. The molecule has 0 saturated carbocycles. The summed E-state index contributed by atoms with van der Waals surface area (Å²) in [6, 6.07) is 15.3. The van der Waals surface area contributed by atoms with Crippen molar-refractivity contribution >= 4 is 28.9 Å². The molecule has 3 aromatic rings. The largest absolute Gasteiger partial charge is 0.467 e. The Morgan fingerprint density at radius 1 is 0.971 bits per heavy atom. The number of carbonyl (C=O) groups excluding carboxylic acids is 3. The van der Waals surface area contributed by atoms with Crippen LogP contribution in [-0.4, -0.2) is 48.4 Å². The summed E-state index contributed by atoms with van der Waals surface area (Å²) in [7, 11) is 2.69. The number of fused-ring (bicyclic) bond motifs is 1. The molecule has 8 nitrogen and oxygen atoms in total. The zero-order chi connectivity index (χ0) is 24.9. The van der Waals surface area contributed by atoms with Gasteiger partial charge >= 0.3 is 12.1 Å². The molecule has 3 rings (SSSR count). The summed E-state index contributed by atoms with van der Waals surface area (Å²) < 4.78 is 17.3. The molecule has 0 saturated heterocycles. The first kappa shape index (κ1) is 25.0. The van der Waals surface area contributed by atoms with Crippen LogP contribution in [0.15, 0.2) is 60.8 Å². The maximum Gasteiger partial charge on any atom is 0.419 e. The molecular weight excluding hydrogens is 436 g/mol. The zero-order valence-corrected chi connectivity index (χ0v) is 20.0. The number of amides is 1. The Bertz CT molecular complexity index is 1160. The Morgan fingerprint density at radius 2 is 1.62 bits per heavy atom. The Labute approximate surface area is 198 Å². The first-order chi connectivity index (χ1) is 16.1. The van der Waals surface area contributed by atoms with Gasteiger partial charge in [-0.2, -0.15) is 0 Å². The van der Waals surface area contributed by atoms with Crippen LogP contribution in [0.3, 0.4) is 0 Å². The molecule has 0 radical (unpaired) electrons. The summed E-state index contributed by atoms with van der Waals surface area (Å²) in [6.07, 6.45) is 0.319. The Balaban J connectivity index is 1.91. The van der Waals surface area contributed by atoms with E-state index in [2.05, 4.69) is 5.32 Å². The lowest BCUT2D eigenvalue weighted by Crippen LogP contribution is -2.45. The van der Waals surface area contributed by atoms with Gasteiger partial charge in [0.25, 0.3) is 5.91 Å². The van der Waals surface area contributed by atoms with Gasteiger partial charge in [0.05, 0.1) is 12.6 Å². The summed E-state index contributed by atoms with van der Waals surface area (Å²) in [4.78, 5) is 38.4. The molecule has 8 heteroatoms. The topological polar surface area (TPSA) is 95.9 Å². The highest BCUT2D eigenvalue weighted by atomic mass is 16.6. The second-order valence-corrected chi connectivity index (χ2v) is 8.84. The van der Waals surface area contributed by atoms with Crippen molar-refractivity contribution in [2.45, 2.75) is 44.9 Å². The predicted molar refractivity (Wildman–Crippen MR) is 127 cm³/mol. The van der Waals surface area contributed by atoms with Gasteiger partial charge in [-0.05, 0) is 38.0 Å². The fourth-order valence-corrected chi connectivity index (χ4v) is 3.70. The average molecular weight is 467 g/mol. The van der Waals surface area contributed by atoms with Crippen molar-refractivity contribution in [2.24, 2.45) is 0 Å². The third-order valence-electron chi connectivity index (χ3n) is 5.19. The Hall–Kier alpha value is -3.65. The van der Waals surface area contributed by atoms with E-state index < -0.39 is 35.7 Å². The van der Waals surface area contributed by atoms with Crippen molar-refractivity contribution in [1.82, 2.24) is 9.88 Å². The SMILES string of the molecule is COC(=O)[C@@H](Cc1cn(C(=O)OC(C)(C)C)c2ccccc12)NC(=O)[C@@H](OC)c1ccccc1. The van der Waals surface area contributed by atoms with Crippen molar-refractivity contribution in [3.8, 4) is 0 Å². The molecule has 0 aliphatic rings. The predicted octanol–water partition coefficient (Wildman–Crippen LogP) is 4.01. The number of hydrogen-bond donors (Lipinski definition) is 1. The fraction of sp³-hybridized carbons (Fsp3) is 0.346. The van der Waals surface area contributed by atoms with Crippen LogP contribution in [0.1, 0.15) is 38.0 Å². The molecule has 0 fully saturated rings. The van der Waals surface area contributed by atoms with E-state index in [1.54, 1.807) is 57.3 Å². The van der Waals surface area contributed by atoms with E-state index in [1.165, 1.54) is 18.8 Å². The van der Waals surface area contributed by atoms with E-state index >= 15 is 0 Å². The number of ether oxygens (including phenoxy) is 3. The summed E-state index contributed by atoms with van der Waals surface area (Å²) >= 11 is 0. The number of para-hydroxylation sites is 1. The standard InChI is InChI=1S/C26H30N2O6/c1-26(2,3)34-25(31)28-16-18(19-13-9-10-14-21(19)28)15-20(24(30)33-5)27-23(29)22(32-4)17-11-7-6-8-12-17/h6-14,16,20,22H,15H2,1-5H3,(H,27,29)/t20-,22+/m1/s1. The van der Waals surface area contributed by atoms with Crippen LogP contribution in [0, 0.1) is 0 Å². The lowest BCUT2D eigenvalue weighted by molar-refractivity contribution is -0.146. The quantitative estimate of drug-likeness (QED) is 0.529. The maximum absolute atomic E-state index is 13.0. The highest BCUT2D eigenvalue weighted by molar-refractivity contribution is 5.93. The van der Waals surface area contributed by atoms with Gasteiger partial charge in [0.1, 0.15) is 11.6 Å². The minimum Gasteiger partial charge on any atom is -0.467 e. The number of rotatable bonds is 7. The number of carbonyl (C=O) groups is 3. The molecule has 0 bridgehead atoms. The lowest BCUT2D eigenvalue weighted by Gasteiger charge is -2.21. The Kier molecular flexibility index (Phi) is 7.73. The van der Waals surface area contributed by atoms with Crippen LogP contribution >= 0.6 is 0 Å². The van der Waals surface area contributed by atoms with Crippen molar-refractivity contribution < 1.29 is 28.6 Å². The van der Waals surface area contributed by atoms with E-state index in [1.807, 2.05) is 24.3 Å². The molecule has 0 unspecified atom stereocenters. The molecule has 34 heavy (non-hydrogen) atoms. The van der Waals surface area contributed by atoms with E-state index in [0.29, 0.717) is 16.6 Å². The first-order valence-electron chi connectivity index (χ1n) is 10.9. The molecule has 1 heterocycles. The molecule has 1 aromatic heterocycles. The minimum atomic E-state index is -0.989. The summed E-state index contributed by atoms with van der Waals surface area (Å²) in [5.41, 5.74) is 1.32. The first-order valence-corrected chi connectivity index (χ1v) is 10.9. The maximum atomic E-state index is 13.0. The number of aromatic nitrogens is 1. The van der Waals surface area contributed by atoms with Gasteiger partial charge in [0.15, 0.2) is 6.10 Å². The summed E-state index contributed by atoms with van der Waals surface area (Å²) in [6.45, 7) is 5.37.